The molecule has 1 aromatic heterocycles. The molecule has 0 bridgehead atoms. The summed E-state index contributed by atoms with van der Waals surface area (Å²) >= 11 is 12.8. The summed E-state index contributed by atoms with van der Waals surface area (Å²) in [6.07, 6.45) is 0.716. The van der Waals surface area contributed by atoms with Crippen LogP contribution in [0.3, 0.4) is 0 Å². The standard InChI is InChI=1S/C22H20Cl2N2O5S/c1-13-7-8-14-4-2-6-18(21(14)25-13)31-12-15-16(23)9-10-19(20(15)24)32(29,30)26-11-3-5-17(26)22(27)28/h2,4,6-10,17H,3,5,11-12H2,1H3,(H,27,28)/t17-/m0/s1. The first-order chi connectivity index (χ1) is 15.2. The van der Waals surface area contributed by atoms with Gasteiger partial charge in [0.1, 0.15) is 28.8 Å². The highest BCUT2D eigenvalue weighted by Gasteiger charge is 2.40. The van der Waals surface area contributed by atoms with Crippen molar-refractivity contribution < 1.29 is 23.1 Å². The van der Waals surface area contributed by atoms with Gasteiger partial charge in [0.25, 0.3) is 0 Å². The number of aliphatic carboxylic acids is 1. The van der Waals surface area contributed by atoms with Crippen molar-refractivity contribution in [2.45, 2.75) is 37.3 Å². The summed E-state index contributed by atoms with van der Waals surface area (Å²) in [6, 6.07) is 11.0. The number of rotatable bonds is 6. The van der Waals surface area contributed by atoms with Crippen molar-refractivity contribution >= 4 is 50.1 Å². The lowest BCUT2D eigenvalue weighted by molar-refractivity contribution is -0.140. The molecule has 1 atom stereocenters. The molecule has 0 saturated carbocycles. The summed E-state index contributed by atoms with van der Waals surface area (Å²) in [7, 11) is -4.13. The zero-order valence-corrected chi connectivity index (χ0v) is 19.4. The molecular formula is C22H20Cl2N2O5S. The van der Waals surface area contributed by atoms with E-state index in [0.29, 0.717) is 23.3 Å². The maximum atomic E-state index is 13.2. The number of fused-ring (bicyclic) bond motifs is 1. The quantitative estimate of drug-likeness (QED) is 0.534. The van der Waals surface area contributed by atoms with Crippen LogP contribution in [-0.4, -0.2) is 41.4 Å². The van der Waals surface area contributed by atoms with Crippen LogP contribution < -0.4 is 4.74 Å². The van der Waals surface area contributed by atoms with Gasteiger partial charge in [0, 0.05) is 28.2 Å². The van der Waals surface area contributed by atoms with Gasteiger partial charge in [-0.1, -0.05) is 41.4 Å². The maximum absolute atomic E-state index is 13.2. The van der Waals surface area contributed by atoms with E-state index in [2.05, 4.69) is 4.98 Å². The zero-order chi connectivity index (χ0) is 23.0. The Morgan fingerprint density at radius 3 is 2.75 bits per heavy atom. The predicted octanol–water partition coefficient (Wildman–Crippen LogP) is 4.67. The number of para-hydroxylation sites is 1. The van der Waals surface area contributed by atoms with Crippen LogP contribution in [-0.2, 0) is 21.4 Å². The summed E-state index contributed by atoms with van der Waals surface area (Å²) < 4.78 is 33.3. The summed E-state index contributed by atoms with van der Waals surface area (Å²) in [6.45, 7) is 1.91. The smallest absolute Gasteiger partial charge is 0.322 e. The number of carboxylic acids is 1. The van der Waals surface area contributed by atoms with Crippen molar-refractivity contribution in [2.24, 2.45) is 0 Å². The molecule has 0 amide bonds. The molecule has 32 heavy (non-hydrogen) atoms. The van der Waals surface area contributed by atoms with Crippen LogP contribution in [0, 0.1) is 6.92 Å². The molecule has 0 aliphatic carbocycles. The largest absolute Gasteiger partial charge is 0.487 e. The Bertz CT molecular complexity index is 1310. The van der Waals surface area contributed by atoms with Gasteiger partial charge in [0.05, 0.1) is 5.02 Å². The van der Waals surface area contributed by atoms with Gasteiger partial charge >= 0.3 is 5.97 Å². The Morgan fingerprint density at radius 2 is 2.00 bits per heavy atom. The van der Waals surface area contributed by atoms with E-state index < -0.39 is 22.0 Å². The van der Waals surface area contributed by atoms with Gasteiger partial charge in [-0.15, -0.1) is 0 Å². The molecule has 7 nitrogen and oxygen atoms in total. The van der Waals surface area contributed by atoms with Gasteiger partial charge in [0.2, 0.25) is 10.0 Å². The van der Waals surface area contributed by atoms with E-state index in [1.807, 2.05) is 31.2 Å². The molecular weight excluding hydrogens is 475 g/mol. The number of carboxylic acid groups (broad SMARTS) is 1. The molecule has 2 heterocycles. The number of ether oxygens (including phenoxy) is 1. The second-order valence-corrected chi connectivity index (χ2v) is 10.2. The van der Waals surface area contributed by atoms with Crippen LogP contribution in [0.25, 0.3) is 10.9 Å². The van der Waals surface area contributed by atoms with Crippen molar-refractivity contribution in [1.29, 1.82) is 0 Å². The number of sulfonamides is 1. The highest BCUT2D eigenvalue weighted by molar-refractivity contribution is 7.89. The number of benzene rings is 2. The Balaban J connectivity index is 1.68. The highest BCUT2D eigenvalue weighted by atomic mass is 35.5. The first-order valence-corrected chi connectivity index (χ1v) is 12.1. The van der Waals surface area contributed by atoms with Crippen LogP contribution in [0.1, 0.15) is 24.1 Å². The first kappa shape index (κ1) is 22.8. The molecule has 1 N–H and O–H groups in total. The summed E-state index contributed by atoms with van der Waals surface area (Å²) in [4.78, 5) is 15.8. The molecule has 168 valence electrons. The van der Waals surface area contributed by atoms with Gasteiger partial charge in [-0.05, 0) is 44.0 Å². The number of carbonyl (C=O) groups is 1. The first-order valence-electron chi connectivity index (χ1n) is 9.91. The summed E-state index contributed by atoms with van der Waals surface area (Å²) in [5.74, 6) is -0.671. The lowest BCUT2D eigenvalue weighted by Gasteiger charge is -2.22. The van der Waals surface area contributed by atoms with Gasteiger partial charge in [0.15, 0.2) is 0 Å². The van der Waals surface area contributed by atoms with Crippen LogP contribution >= 0.6 is 23.2 Å². The number of nitrogens with zero attached hydrogens (tertiary/aromatic N) is 2. The summed E-state index contributed by atoms with van der Waals surface area (Å²) in [5, 5.41) is 10.5. The van der Waals surface area contributed by atoms with Gasteiger partial charge in [-0.2, -0.15) is 4.31 Å². The number of pyridine rings is 1. The Hall–Kier alpha value is -2.39. The topological polar surface area (TPSA) is 96.8 Å². The fourth-order valence-electron chi connectivity index (χ4n) is 3.79. The van der Waals surface area contributed by atoms with E-state index in [-0.39, 0.29) is 34.5 Å². The van der Waals surface area contributed by atoms with Crippen molar-refractivity contribution in [3.63, 3.8) is 0 Å². The lowest BCUT2D eigenvalue weighted by Crippen LogP contribution is -2.40. The third-order valence-corrected chi connectivity index (χ3v) is 8.27. The van der Waals surface area contributed by atoms with E-state index in [1.165, 1.54) is 12.1 Å². The summed E-state index contributed by atoms with van der Waals surface area (Å²) in [5.41, 5.74) is 1.80. The van der Waals surface area contributed by atoms with Crippen molar-refractivity contribution in [2.75, 3.05) is 6.54 Å². The normalized spacial score (nSPS) is 17.0. The zero-order valence-electron chi connectivity index (χ0n) is 17.1. The fraction of sp³-hybridized carbons (Fsp3) is 0.273. The van der Waals surface area contributed by atoms with E-state index in [4.69, 9.17) is 27.9 Å². The molecule has 0 spiro atoms. The minimum absolute atomic E-state index is 0.0852. The van der Waals surface area contributed by atoms with E-state index in [0.717, 1.165) is 15.4 Å². The number of hydrogen-bond donors (Lipinski definition) is 1. The molecule has 1 saturated heterocycles. The van der Waals surface area contributed by atoms with Gasteiger partial charge < -0.3 is 9.84 Å². The predicted molar refractivity (Wildman–Crippen MR) is 122 cm³/mol. The van der Waals surface area contributed by atoms with Crippen LogP contribution in [0.4, 0.5) is 0 Å². The number of halogens is 2. The molecule has 4 rings (SSSR count). The Kier molecular flexibility index (Phi) is 6.31. The van der Waals surface area contributed by atoms with E-state index in [1.54, 1.807) is 6.07 Å². The van der Waals surface area contributed by atoms with Crippen LogP contribution in [0.5, 0.6) is 5.75 Å². The molecule has 10 heteroatoms. The highest BCUT2D eigenvalue weighted by Crippen LogP contribution is 2.36. The maximum Gasteiger partial charge on any atom is 0.322 e. The fourth-order valence-corrected chi connectivity index (χ4v) is 6.31. The minimum atomic E-state index is -4.13. The molecule has 1 fully saturated rings. The van der Waals surface area contributed by atoms with E-state index >= 15 is 0 Å². The minimum Gasteiger partial charge on any atom is -0.487 e. The van der Waals surface area contributed by atoms with Crippen LogP contribution in [0.15, 0.2) is 47.4 Å². The Labute approximate surface area is 195 Å². The van der Waals surface area contributed by atoms with Crippen molar-refractivity contribution in [3.8, 4) is 5.75 Å². The average molecular weight is 495 g/mol. The van der Waals surface area contributed by atoms with Gasteiger partial charge in [-0.25, -0.2) is 13.4 Å². The average Bonchev–Trinajstić information content (AvgIpc) is 3.25. The number of aryl methyl sites for hydroxylation is 1. The molecule has 1 aliphatic heterocycles. The lowest BCUT2D eigenvalue weighted by atomic mass is 10.2. The third-order valence-electron chi connectivity index (χ3n) is 5.42. The number of hydrogen-bond acceptors (Lipinski definition) is 5. The van der Waals surface area contributed by atoms with Crippen LogP contribution in [0.2, 0.25) is 10.0 Å². The van der Waals surface area contributed by atoms with Gasteiger partial charge in [-0.3, -0.25) is 4.79 Å². The monoisotopic (exact) mass is 494 g/mol. The molecule has 1 aliphatic rings. The van der Waals surface area contributed by atoms with Crippen molar-refractivity contribution in [3.05, 3.63) is 63.8 Å². The molecule has 3 aromatic rings. The number of aromatic nitrogens is 1. The second kappa shape index (κ2) is 8.86. The second-order valence-electron chi connectivity index (χ2n) is 7.52. The van der Waals surface area contributed by atoms with E-state index in [9.17, 15) is 18.3 Å². The molecule has 0 unspecified atom stereocenters. The Morgan fingerprint density at radius 1 is 1.22 bits per heavy atom. The van der Waals surface area contributed by atoms with Crippen molar-refractivity contribution in [1.82, 2.24) is 9.29 Å². The molecule has 2 aromatic carbocycles. The SMILES string of the molecule is Cc1ccc2cccc(OCc3c(Cl)ccc(S(=O)(=O)N4CCC[C@H]4C(=O)O)c3Cl)c2n1. The third kappa shape index (κ3) is 4.15. The molecule has 0 radical (unpaired) electrons.